The van der Waals surface area contributed by atoms with Gasteiger partial charge in [-0.05, 0) is 31.2 Å². The smallest absolute Gasteiger partial charge is 0.227 e. The van der Waals surface area contributed by atoms with Crippen LogP contribution in [0.5, 0.6) is 0 Å². The predicted molar refractivity (Wildman–Crippen MR) is 77.5 cm³/mol. The Morgan fingerprint density at radius 3 is 2.82 bits per heavy atom. The molecule has 0 saturated heterocycles. The second-order valence-electron chi connectivity index (χ2n) is 4.94. The fourth-order valence-electron chi connectivity index (χ4n) is 1.93. The first-order chi connectivity index (χ1) is 10.6. The van der Waals surface area contributed by atoms with E-state index in [2.05, 4.69) is 15.5 Å². The van der Waals surface area contributed by atoms with Crippen molar-refractivity contribution < 1.29 is 18.4 Å². The molecule has 1 heterocycles. The van der Waals surface area contributed by atoms with Crippen LogP contribution in [0.1, 0.15) is 19.2 Å². The van der Waals surface area contributed by atoms with E-state index in [1.807, 2.05) is 6.92 Å². The molecule has 0 saturated carbocycles. The molecule has 0 aliphatic heterocycles. The molecule has 0 spiro atoms. The maximum Gasteiger partial charge on any atom is 0.227 e. The third kappa shape index (κ3) is 4.63. The van der Waals surface area contributed by atoms with Crippen LogP contribution in [0.2, 0.25) is 0 Å². The van der Waals surface area contributed by atoms with Crippen LogP contribution in [-0.2, 0) is 16.0 Å². The van der Waals surface area contributed by atoms with Gasteiger partial charge < -0.3 is 14.6 Å². The van der Waals surface area contributed by atoms with E-state index in [9.17, 15) is 9.18 Å². The molecular formula is C15H18FN3O3. The van der Waals surface area contributed by atoms with Gasteiger partial charge in [0.1, 0.15) is 5.82 Å². The maximum atomic E-state index is 12.9. The van der Waals surface area contributed by atoms with Crippen molar-refractivity contribution in [2.45, 2.75) is 25.8 Å². The summed E-state index contributed by atoms with van der Waals surface area (Å²) in [5, 5.41) is 6.62. The number of aromatic nitrogens is 2. The van der Waals surface area contributed by atoms with E-state index < -0.39 is 0 Å². The van der Waals surface area contributed by atoms with Crippen LogP contribution in [0, 0.1) is 5.82 Å². The Labute approximate surface area is 127 Å². The summed E-state index contributed by atoms with van der Waals surface area (Å²) < 4.78 is 22.9. The number of aryl methyl sites for hydroxylation is 1. The molecule has 0 aliphatic carbocycles. The summed E-state index contributed by atoms with van der Waals surface area (Å²) in [6, 6.07) is 5.76. The summed E-state index contributed by atoms with van der Waals surface area (Å²) in [4.78, 5) is 15.9. The second kappa shape index (κ2) is 7.65. The molecule has 22 heavy (non-hydrogen) atoms. The van der Waals surface area contributed by atoms with Gasteiger partial charge in [0, 0.05) is 31.6 Å². The highest BCUT2D eigenvalue weighted by Crippen LogP contribution is 2.16. The van der Waals surface area contributed by atoms with Crippen molar-refractivity contribution in [3.63, 3.8) is 0 Å². The van der Waals surface area contributed by atoms with E-state index in [-0.39, 0.29) is 24.2 Å². The van der Waals surface area contributed by atoms with Crippen molar-refractivity contribution in [1.29, 1.82) is 0 Å². The number of hydrogen-bond acceptors (Lipinski definition) is 5. The van der Waals surface area contributed by atoms with Crippen LogP contribution >= 0.6 is 0 Å². The highest BCUT2D eigenvalue weighted by Gasteiger charge is 2.12. The normalized spacial score (nSPS) is 12.1. The summed E-state index contributed by atoms with van der Waals surface area (Å²) in [7, 11) is 1.58. The van der Waals surface area contributed by atoms with E-state index in [1.54, 1.807) is 19.2 Å². The van der Waals surface area contributed by atoms with E-state index in [0.717, 1.165) is 0 Å². The lowest BCUT2D eigenvalue weighted by molar-refractivity contribution is -0.122. The molecule has 0 radical (unpaired) electrons. The molecule has 1 aromatic heterocycles. The van der Waals surface area contributed by atoms with Gasteiger partial charge in [0.25, 0.3) is 0 Å². The number of methoxy groups -OCH3 is 1. The average Bonchev–Trinajstić information content (AvgIpc) is 2.95. The molecule has 0 fully saturated rings. The van der Waals surface area contributed by atoms with E-state index in [4.69, 9.17) is 9.26 Å². The van der Waals surface area contributed by atoms with Crippen LogP contribution in [0.3, 0.4) is 0 Å². The van der Waals surface area contributed by atoms with Crippen LogP contribution in [0.25, 0.3) is 11.4 Å². The predicted octanol–water partition coefficient (Wildman–Crippen LogP) is 1.96. The van der Waals surface area contributed by atoms with Gasteiger partial charge in [-0.3, -0.25) is 4.79 Å². The molecule has 2 aromatic rings. The fraction of sp³-hybridized carbons (Fsp3) is 0.400. The van der Waals surface area contributed by atoms with Gasteiger partial charge in [0.2, 0.25) is 17.6 Å². The Kier molecular flexibility index (Phi) is 5.60. The molecule has 118 valence electrons. The number of hydrogen-bond donors (Lipinski definition) is 1. The topological polar surface area (TPSA) is 77.2 Å². The summed E-state index contributed by atoms with van der Waals surface area (Å²) in [6.07, 6.45) is 0.596. The van der Waals surface area contributed by atoms with Gasteiger partial charge in [0.05, 0.1) is 6.61 Å². The quantitative estimate of drug-likeness (QED) is 0.846. The van der Waals surface area contributed by atoms with E-state index >= 15 is 0 Å². The molecular weight excluding hydrogens is 289 g/mol. The Bertz CT molecular complexity index is 613. The van der Waals surface area contributed by atoms with Gasteiger partial charge in [-0.1, -0.05) is 5.16 Å². The molecule has 0 unspecified atom stereocenters. The number of amides is 1. The first-order valence-corrected chi connectivity index (χ1v) is 6.95. The monoisotopic (exact) mass is 307 g/mol. The van der Waals surface area contributed by atoms with Crippen molar-refractivity contribution in [3.05, 3.63) is 36.0 Å². The summed E-state index contributed by atoms with van der Waals surface area (Å²) in [6.45, 7) is 2.32. The Morgan fingerprint density at radius 1 is 1.41 bits per heavy atom. The molecule has 1 amide bonds. The minimum atomic E-state index is -0.325. The number of carbonyl (C=O) groups is 1. The van der Waals surface area contributed by atoms with E-state index in [1.165, 1.54) is 12.1 Å². The van der Waals surface area contributed by atoms with Crippen molar-refractivity contribution in [3.8, 4) is 11.4 Å². The minimum absolute atomic E-state index is 0.0463. The first kappa shape index (κ1) is 16.1. The number of nitrogens with one attached hydrogen (secondary N) is 1. The standard InChI is InChI=1S/C15H18FN3O3/c1-10(9-21-2)17-13(20)7-8-14-18-15(19-22-14)11-3-5-12(16)6-4-11/h3-6,10H,7-9H2,1-2H3,(H,17,20)/t10-/m0/s1. The second-order valence-corrected chi connectivity index (χ2v) is 4.94. The molecule has 1 N–H and O–H groups in total. The Balaban J connectivity index is 1.87. The zero-order valence-electron chi connectivity index (χ0n) is 12.5. The number of nitrogens with zero attached hydrogens (tertiary/aromatic N) is 2. The summed E-state index contributed by atoms with van der Waals surface area (Å²) >= 11 is 0. The third-order valence-electron chi connectivity index (χ3n) is 2.96. The number of rotatable bonds is 7. The minimum Gasteiger partial charge on any atom is -0.383 e. The van der Waals surface area contributed by atoms with Gasteiger partial charge in [-0.2, -0.15) is 4.98 Å². The molecule has 0 bridgehead atoms. The van der Waals surface area contributed by atoms with Crippen LogP contribution in [0.15, 0.2) is 28.8 Å². The number of carbonyl (C=O) groups excluding carboxylic acids is 1. The molecule has 6 nitrogen and oxygen atoms in total. The third-order valence-corrected chi connectivity index (χ3v) is 2.96. The van der Waals surface area contributed by atoms with Crippen LogP contribution < -0.4 is 5.32 Å². The molecule has 0 aliphatic rings. The summed E-state index contributed by atoms with van der Waals surface area (Å²) in [5.74, 6) is 0.317. The number of halogens is 1. The Hall–Kier alpha value is -2.28. The molecule has 2 rings (SSSR count). The Morgan fingerprint density at radius 2 is 2.14 bits per heavy atom. The lowest BCUT2D eigenvalue weighted by Gasteiger charge is -2.11. The number of benzene rings is 1. The zero-order valence-corrected chi connectivity index (χ0v) is 12.5. The average molecular weight is 307 g/mol. The van der Waals surface area contributed by atoms with Crippen molar-refractivity contribution >= 4 is 5.91 Å². The van der Waals surface area contributed by atoms with Gasteiger partial charge in [-0.25, -0.2) is 4.39 Å². The SMILES string of the molecule is COC[C@H](C)NC(=O)CCc1nc(-c2ccc(F)cc2)no1. The number of ether oxygens (including phenoxy) is 1. The maximum absolute atomic E-state index is 12.9. The summed E-state index contributed by atoms with van der Waals surface area (Å²) in [5.41, 5.74) is 0.662. The van der Waals surface area contributed by atoms with Crippen molar-refractivity contribution in [2.24, 2.45) is 0 Å². The van der Waals surface area contributed by atoms with Crippen molar-refractivity contribution in [1.82, 2.24) is 15.5 Å². The largest absolute Gasteiger partial charge is 0.383 e. The lowest BCUT2D eigenvalue weighted by atomic mass is 10.2. The van der Waals surface area contributed by atoms with E-state index in [0.29, 0.717) is 30.3 Å². The van der Waals surface area contributed by atoms with Gasteiger partial charge >= 0.3 is 0 Å². The molecule has 7 heteroatoms. The van der Waals surface area contributed by atoms with Crippen molar-refractivity contribution in [2.75, 3.05) is 13.7 Å². The van der Waals surface area contributed by atoms with Gasteiger partial charge in [0.15, 0.2) is 0 Å². The highest BCUT2D eigenvalue weighted by molar-refractivity contribution is 5.76. The zero-order chi connectivity index (χ0) is 15.9. The molecule has 1 atom stereocenters. The highest BCUT2D eigenvalue weighted by atomic mass is 19.1. The lowest BCUT2D eigenvalue weighted by Crippen LogP contribution is -2.35. The van der Waals surface area contributed by atoms with Crippen LogP contribution in [0.4, 0.5) is 4.39 Å². The molecule has 1 aromatic carbocycles. The first-order valence-electron chi connectivity index (χ1n) is 6.95. The fourth-order valence-corrected chi connectivity index (χ4v) is 1.93. The van der Waals surface area contributed by atoms with Crippen LogP contribution in [-0.4, -0.2) is 35.8 Å². The van der Waals surface area contributed by atoms with Gasteiger partial charge in [-0.15, -0.1) is 0 Å².